The molecule has 0 saturated heterocycles. The molecule has 2 aromatic heterocycles. The van der Waals surface area contributed by atoms with E-state index in [0.29, 0.717) is 6.04 Å². The van der Waals surface area contributed by atoms with E-state index in [1.165, 1.54) is 10.6 Å². The zero-order valence-electron chi connectivity index (χ0n) is 10.2. The molecule has 0 saturated carbocycles. The number of aryl methyl sites for hydroxylation is 1. The van der Waals surface area contributed by atoms with Crippen molar-refractivity contribution in [2.45, 2.75) is 25.8 Å². The SMILES string of the molecule is CNC(Cc1cccnc1)Cc1nc(C)cs1. The van der Waals surface area contributed by atoms with Crippen LogP contribution in [0.2, 0.25) is 0 Å². The Hall–Kier alpha value is -1.26. The molecule has 90 valence electrons. The minimum Gasteiger partial charge on any atom is -0.316 e. The predicted octanol–water partition coefficient (Wildman–Crippen LogP) is 2.22. The second kappa shape index (κ2) is 5.89. The average molecular weight is 247 g/mol. The van der Waals surface area contributed by atoms with Crippen LogP contribution >= 0.6 is 11.3 Å². The van der Waals surface area contributed by atoms with Gasteiger partial charge in [-0.25, -0.2) is 4.98 Å². The number of aromatic nitrogens is 2. The van der Waals surface area contributed by atoms with Crippen LogP contribution in [0.1, 0.15) is 16.3 Å². The van der Waals surface area contributed by atoms with Gasteiger partial charge in [-0.15, -0.1) is 11.3 Å². The molecule has 0 aliphatic carbocycles. The molecular weight excluding hydrogens is 230 g/mol. The molecule has 4 heteroatoms. The fourth-order valence-electron chi connectivity index (χ4n) is 1.79. The highest BCUT2D eigenvalue weighted by Gasteiger charge is 2.10. The van der Waals surface area contributed by atoms with E-state index in [0.717, 1.165) is 18.5 Å². The summed E-state index contributed by atoms with van der Waals surface area (Å²) >= 11 is 1.74. The monoisotopic (exact) mass is 247 g/mol. The van der Waals surface area contributed by atoms with Crippen LogP contribution in [-0.2, 0) is 12.8 Å². The normalized spacial score (nSPS) is 12.6. The minimum absolute atomic E-state index is 0.421. The van der Waals surface area contributed by atoms with Gasteiger partial charge in [0.1, 0.15) is 0 Å². The van der Waals surface area contributed by atoms with E-state index < -0.39 is 0 Å². The third kappa shape index (κ3) is 3.61. The van der Waals surface area contributed by atoms with Crippen LogP contribution in [0.25, 0.3) is 0 Å². The minimum atomic E-state index is 0.421. The highest BCUT2D eigenvalue weighted by atomic mass is 32.1. The number of thiazole rings is 1. The Kier molecular flexibility index (Phi) is 4.23. The quantitative estimate of drug-likeness (QED) is 0.880. The van der Waals surface area contributed by atoms with Gasteiger partial charge in [0.25, 0.3) is 0 Å². The molecule has 0 aliphatic rings. The van der Waals surface area contributed by atoms with E-state index in [9.17, 15) is 0 Å². The van der Waals surface area contributed by atoms with E-state index in [1.54, 1.807) is 11.3 Å². The van der Waals surface area contributed by atoms with Crippen molar-refractivity contribution in [2.75, 3.05) is 7.05 Å². The van der Waals surface area contributed by atoms with Crippen LogP contribution in [0.5, 0.6) is 0 Å². The van der Waals surface area contributed by atoms with Gasteiger partial charge in [0.05, 0.1) is 5.01 Å². The average Bonchev–Trinajstić information content (AvgIpc) is 2.75. The van der Waals surface area contributed by atoms with Gasteiger partial charge in [-0.2, -0.15) is 0 Å². The second-order valence-corrected chi connectivity index (χ2v) is 5.08. The summed E-state index contributed by atoms with van der Waals surface area (Å²) in [6, 6.07) is 4.52. The lowest BCUT2D eigenvalue weighted by molar-refractivity contribution is 0.554. The van der Waals surface area contributed by atoms with Gasteiger partial charge in [-0.3, -0.25) is 4.98 Å². The third-order valence-corrected chi connectivity index (χ3v) is 3.69. The number of nitrogens with one attached hydrogen (secondary N) is 1. The maximum Gasteiger partial charge on any atom is 0.0943 e. The number of hydrogen-bond donors (Lipinski definition) is 1. The first kappa shape index (κ1) is 12.2. The first-order chi connectivity index (χ1) is 8.28. The first-order valence-electron chi connectivity index (χ1n) is 5.75. The molecule has 3 nitrogen and oxygen atoms in total. The van der Waals surface area contributed by atoms with Crippen LogP contribution < -0.4 is 5.32 Å². The Labute approximate surface area is 106 Å². The molecule has 1 unspecified atom stereocenters. The molecule has 1 atom stereocenters. The Morgan fingerprint density at radius 3 is 2.88 bits per heavy atom. The summed E-state index contributed by atoms with van der Waals surface area (Å²) in [6.45, 7) is 2.04. The maximum atomic E-state index is 4.50. The zero-order valence-corrected chi connectivity index (χ0v) is 11.0. The lowest BCUT2D eigenvalue weighted by atomic mass is 10.1. The van der Waals surface area contributed by atoms with E-state index in [2.05, 4.69) is 26.7 Å². The number of pyridine rings is 1. The van der Waals surface area contributed by atoms with E-state index in [1.807, 2.05) is 32.4 Å². The number of rotatable bonds is 5. The summed E-state index contributed by atoms with van der Waals surface area (Å²) < 4.78 is 0. The van der Waals surface area contributed by atoms with Crippen molar-refractivity contribution >= 4 is 11.3 Å². The Morgan fingerprint density at radius 1 is 1.41 bits per heavy atom. The van der Waals surface area contributed by atoms with Crippen LogP contribution in [0.15, 0.2) is 29.9 Å². The van der Waals surface area contributed by atoms with Crippen LogP contribution in [0.3, 0.4) is 0 Å². The molecule has 0 aromatic carbocycles. The van der Waals surface area contributed by atoms with Gasteiger partial charge < -0.3 is 5.32 Å². The largest absolute Gasteiger partial charge is 0.316 e. The molecule has 0 fully saturated rings. The lowest BCUT2D eigenvalue weighted by Crippen LogP contribution is -2.29. The molecule has 2 aromatic rings. The molecule has 0 amide bonds. The summed E-state index contributed by atoms with van der Waals surface area (Å²) in [5.74, 6) is 0. The Balaban J connectivity index is 1.98. The fraction of sp³-hybridized carbons (Fsp3) is 0.385. The summed E-state index contributed by atoms with van der Waals surface area (Å²) in [4.78, 5) is 8.65. The number of nitrogens with zero attached hydrogens (tertiary/aromatic N) is 2. The van der Waals surface area contributed by atoms with Crippen molar-refractivity contribution in [1.82, 2.24) is 15.3 Å². The summed E-state index contributed by atoms with van der Waals surface area (Å²) in [5, 5.41) is 6.65. The van der Waals surface area contributed by atoms with Crippen LogP contribution in [0, 0.1) is 6.92 Å². The summed E-state index contributed by atoms with van der Waals surface area (Å²) in [5.41, 5.74) is 2.38. The highest BCUT2D eigenvalue weighted by molar-refractivity contribution is 7.09. The van der Waals surface area contributed by atoms with Crippen molar-refractivity contribution in [3.63, 3.8) is 0 Å². The molecule has 2 heterocycles. The van der Waals surface area contributed by atoms with Crippen molar-refractivity contribution in [2.24, 2.45) is 0 Å². The topological polar surface area (TPSA) is 37.8 Å². The fourth-order valence-corrected chi connectivity index (χ4v) is 2.64. The van der Waals surface area contributed by atoms with Gasteiger partial charge in [0, 0.05) is 35.9 Å². The van der Waals surface area contributed by atoms with Crippen molar-refractivity contribution < 1.29 is 0 Å². The summed E-state index contributed by atoms with van der Waals surface area (Å²) in [6.07, 6.45) is 5.70. The van der Waals surface area contributed by atoms with E-state index in [4.69, 9.17) is 0 Å². The summed E-state index contributed by atoms with van der Waals surface area (Å²) in [7, 11) is 2.00. The lowest BCUT2D eigenvalue weighted by Gasteiger charge is -2.14. The van der Waals surface area contributed by atoms with Gasteiger partial charge >= 0.3 is 0 Å². The van der Waals surface area contributed by atoms with Crippen LogP contribution in [0.4, 0.5) is 0 Å². The molecule has 0 radical (unpaired) electrons. The smallest absolute Gasteiger partial charge is 0.0943 e. The van der Waals surface area contributed by atoms with Gasteiger partial charge in [-0.1, -0.05) is 6.07 Å². The van der Waals surface area contributed by atoms with E-state index in [-0.39, 0.29) is 0 Å². The van der Waals surface area contributed by atoms with Crippen molar-refractivity contribution in [3.05, 3.63) is 46.2 Å². The third-order valence-electron chi connectivity index (χ3n) is 2.70. The number of hydrogen-bond acceptors (Lipinski definition) is 4. The molecule has 0 spiro atoms. The molecular formula is C13H17N3S. The molecule has 2 rings (SSSR count). The van der Waals surface area contributed by atoms with Gasteiger partial charge in [0.15, 0.2) is 0 Å². The molecule has 0 aliphatic heterocycles. The molecule has 0 bridgehead atoms. The van der Waals surface area contributed by atoms with Gasteiger partial charge in [-0.05, 0) is 32.0 Å². The predicted molar refractivity (Wildman–Crippen MR) is 71.3 cm³/mol. The van der Waals surface area contributed by atoms with Crippen molar-refractivity contribution in [1.29, 1.82) is 0 Å². The Bertz CT molecular complexity index is 453. The van der Waals surface area contributed by atoms with Crippen LogP contribution in [-0.4, -0.2) is 23.1 Å². The maximum absolute atomic E-state index is 4.50. The number of likely N-dealkylation sites (N-methyl/N-ethyl adjacent to an activating group) is 1. The van der Waals surface area contributed by atoms with Gasteiger partial charge in [0.2, 0.25) is 0 Å². The highest BCUT2D eigenvalue weighted by Crippen LogP contribution is 2.13. The first-order valence-corrected chi connectivity index (χ1v) is 6.63. The van der Waals surface area contributed by atoms with E-state index >= 15 is 0 Å². The van der Waals surface area contributed by atoms with Crippen molar-refractivity contribution in [3.8, 4) is 0 Å². The molecule has 1 N–H and O–H groups in total. The standard InChI is InChI=1S/C13H17N3S/c1-10-9-17-13(16-10)7-12(14-2)6-11-4-3-5-15-8-11/h3-5,8-9,12,14H,6-7H2,1-2H3. The Morgan fingerprint density at radius 2 is 2.29 bits per heavy atom. The second-order valence-electron chi connectivity index (χ2n) is 4.14. The zero-order chi connectivity index (χ0) is 12.1. The molecule has 17 heavy (non-hydrogen) atoms.